The topological polar surface area (TPSA) is 77.8 Å². The number of hydrogen-bond donors (Lipinski definition) is 2. The monoisotopic (exact) mass is 192 g/mol. The van der Waals surface area contributed by atoms with Gasteiger partial charge in [-0.05, 0) is 24.7 Å². The van der Waals surface area contributed by atoms with Gasteiger partial charge in [0.05, 0.1) is 5.69 Å². The number of hydrogen-bond acceptors (Lipinski definition) is 4. The predicted octanol–water partition coefficient (Wildman–Crippen LogP) is 1.01. The zero-order valence-corrected chi connectivity index (χ0v) is 8.62. The van der Waals surface area contributed by atoms with Crippen LogP contribution >= 0.6 is 0 Å². The van der Waals surface area contributed by atoms with Gasteiger partial charge in [0.25, 0.3) is 0 Å². The Morgan fingerprint density at radius 3 is 2.43 bits per heavy atom. The van der Waals surface area contributed by atoms with Crippen molar-refractivity contribution in [2.75, 3.05) is 11.5 Å². The molecule has 4 nitrogen and oxygen atoms in total. The Bertz CT molecular complexity index is 361. The van der Waals surface area contributed by atoms with Crippen molar-refractivity contribution in [1.82, 2.24) is 9.97 Å². The summed E-state index contributed by atoms with van der Waals surface area (Å²) in [5.41, 5.74) is 13.5. The molecule has 0 fully saturated rings. The number of anilines is 2. The van der Waals surface area contributed by atoms with Crippen LogP contribution in [0.3, 0.4) is 0 Å². The van der Waals surface area contributed by atoms with Crippen molar-refractivity contribution >= 4 is 11.8 Å². The Kier molecular flexibility index (Phi) is 2.06. The SMILES string of the molecule is CC1Cc2nc(N)nc(N)c2CC1C. The van der Waals surface area contributed by atoms with Gasteiger partial charge in [0.1, 0.15) is 5.82 Å². The van der Waals surface area contributed by atoms with Gasteiger partial charge in [-0.15, -0.1) is 0 Å². The average molecular weight is 192 g/mol. The van der Waals surface area contributed by atoms with Crippen molar-refractivity contribution in [1.29, 1.82) is 0 Å². The number of fused-ring (bicyclic) bond motifs is 1. The minimum atomic E-state index is 0.294. The Morgan fingerprint density at radius 2 is 1.71 bits per heavy atom. The fraction of sp³-hybridized carbons (Fsp3) is 0.600. The lowest BCUT2D eigenvalue weighted by molar-refractivity contribution is 0.356. The zero-order valence-electron chi connectivity index (χ0n) is 8.62. The molecule has 1 aromatic heterocycles. The molecule has 0 bridgehead atoms. The average Bonchev–Trinajstić information content (AvgIpc) is 2.08. The van der Waals surface area contributed by atoms with Gasteiger partial charge < -0.3 is 11.5 Å². The summed E-state index contributed by atoms with van der Waals surface area (Å²) < 4.78 is 0. The van der Waals surface area contributed by atoms with Crippen molar-refractivity contribution in [2.24, 2.45) is 11.8 Å². The van der Waals surface area contributed by atoms with Crippen molar-refractivity contribution in [3.05, 3.63) is 11.3 Å². The molecule has 4 N–H and O–H groups in total. The van der Waals surface area contributed by atoms with E-state index in [9.17, 15) is 0 Å². The van der Waals surface area contributed by atoms with Crippen LogP contribution in [0.5, 0.6) is 0 Å². The lowest BCUT2D eigenvalue weighted by Crippen LogP contribution is -2.24. The largest absolute Gasteiger partial charge is 0.383 e. The standard InChI is InChI=1S/C10H16N4/c1-5-3-7-8(4-6(5)2)13-10(12)14-9(7)11/h5-6H,3-4H2,1-2H3,(H4,11,12,13,14). The van der Waals surface area contributed by atoms with E-state index in [1.54, 1.807) is 0 Å². The van der Waals surface area contributed by atoms with Crippen LogP contribution in [-0.2, 0) is 12.8 Å². The van der Waals surface area contributed by atoms with E-state index in [4.69, 9.17) is 11.5 Å². The van der Waals surface area contributed by atoms with Crippen LogP contribution in [0, 0.1) is 11.8 Å². The summed E-state index contributed by atoms with van der Waals surface area (Å²) in [5.74, 6) is 2.16. The first kappa shape index (κ1) is 9.24. The van der Waals surface area contributed by atoms with Crippen LogP contribution in [0.25, 0.3) is 0 Å². The van der Waals surface area contributed by atoms with Crippen LogP contribution in [0.4, 0.5) is 11.8 Å². The van der Waals surface area contributed by atoms with Gasteiger partial charge in [-0.3, -0.25) is 0 Å². The van der Waals surface area contributed by atoms with Gasteiger partial charge in [0.2, 0.25) is 5.95 Å². The fourth-order valence-corrected chi connectivity index (χ4v) is 1.99. The molecule has 0 amide bonds. The molecule has 0 aliphatic heterocycles. The molecule has 1 aromatic rings. The summed E-state index contributed by atoms with van der Waals surface area (Å²) in [4.78, 5) is 8.24. The third-order valence-corrected chi connectivity index (χ3v) is 3.15. The maximum atomic E-state index is 5.82. The smallest absolute Gasteiger partial charge is 0.222 e. The lowest BCUT2D eigenvalue weighted by atomic mass is 9.80. The van der Waals surface area contributed by atoms with Crippen LogP contribution < -0.4 is 11.5 Å². The summed E-state index contributed by atoms with van der Waals surface area (Å²) in [6.45, 7) is 4.48. The molecule has 2 rings (SSSR count). The molecule has 76 valence electrons. The number of nitrogens with two attached hydrogens (primary N) is 2. The van der Waals surface area contributed by atoms with E-state index in [-0.39, 0.29) is 0 Å². The molecule has 0 aromatic carbocycles. The molecule has 1 aliphatic rings. The first-order valence-electron chi connectivity index (χ1n) is 4.98. The van der Waals surface area contributed by atoms with Gasteiger partial charge in [0, 0.05) is 5.56 Å². The molecule has 14 heavy (non-hydrogen) atoms. The maximum absolute atomic E-state index is 5.82. The van der Waals surface area contributed by atoms with E-state index < -0.39 is 0 Å². The summed E-state index contributed by atoms with van der Waals surface area (Å²) in [5, 5.41) is 0. The van der Waals surface area contributed by atoms with E-state index in [0.29, 0.717) is 23.6 Å². The van der Waals surface area contributed by atoms with E-state index in [1.165, 1.54) is 0 Å². The van der Waals surface area contributed by atoms with E-state index in [1.807, 2.05) is 0 Å². The van der Waals surface area contributed by atoms with E-state index in [2.05, 4.69) is 23.8 Å². The molecule has 1 heterocycles. The Labute approximate surface area is 83.7 Å². The van der Waals surface area contributed by atoms with Gasteiger partial charge >= 0.3 is 0 Å². The van der Waals surface area contributed by atoms with Crippen LogP contribution in [-0.4, -0.2) is 9.97 Å². The zero-order chi connectivity index (χ0) is 10.3. The number of aromatic nitrogens is 2. The van der Waals surface area contributed by atoms with Gasteiger partial charge in [-0.2, -0.15) is 4.98 Å². The second-order valence-electron chi connectivity index (χ2n) is 4.26. The third kappa shape index (κ3) is 1.41. The first-order valence-corrected chi connectivity index (χ1v) is 4.98. The fourth-order valence-electron chi connectivity index (χ4n) is 1.99. The second kappa shape index (κ2) is 3.12. The quantitative estimate of drug-likeness (QED) is 0.643. The van der Waals surface area contributed by atoms with E-state index >= 15 is 0 Å². The normalized spacial score (nSPS) is 25.9. The highest BCUT2D eigenvalue weighted by Crippen LogP contribution is 2.31. The third-order valence-electron chi connectivity index (χ3n) is 3.15. The number of rotatable bonds is 0. The van der Waals surface area contributed by atoms with Crippen molar-refractivity contribution in [3.8, 4) is 0 Å². The highest BCUT2D eigenvalue weighted by Gasteiger charge is 2.25. The van der Waals surface area contributed by atoms with Gasteiger partial charge in [0.15, 0.2) is 0 Å². The summed E-state index contributed by atoms with van der Waals surface area (Å²) in [7, 11) is 0. The molecule has 2 atom stereocenters. The van der Waals surface area contributed by atoms with Gasteiger partial charge in [-0.1, -0.05) is 13.8 Å². The molecule has 0 saturated heterocycles. The Hall–Kier alpha value is -1.32. The molecule has 4 heteroatoms. The number of nitrogens with zero attached hydrogens (tertiary/aromatic N) is 2. The number of nitrogen functional groups attached to an aromatic ring is 2. The van der Waals surface area contributed by atoms with Crippen molar-refractivity contribution < 1.29 is 0 Å². The van der Waals surface area contributed by atoms with Crippen LogP contribution in [0.1, 0.15) is 25.1 Å². The predicted molar refractivity (Wildman–Crippen MR) is 56.6 cm³/mol. The highest BCUT2D eigenvalue weighted by molar-refractivity contribution is 5.47. The van der Waals surface area contributed by atoms with Gasteiger partial charge in [-0.25, -0.2) is 4.98 Å². The molecule has 0 radical (unpaired) electrons. The van der Waals surface area contributed by atoms with E-state index in [0.717, 1.165) is 24.1 Å². The van der Waals surface area contributed by atoms with Crippen LogP contribution in [0.2, 0.25) is 0 Å². The molecule has 0 spiro atoms. The summed E-state index contributed by atoms with van der Waals surface area (Å²) in [6.07, 6.45) is 1.94. The second-order valence-corrected chi connectivity index (χ2v) is 4.26. The molecule has 2 unspecified atom stereocenters. The summed E-state index contributed by atoms with van der Waals surface area (Å²) in [6, 6.07) is 0. The van der Waals surface area contributed by atoms with Crippen LogP contribution in [0.15, 0.2) is 0 Å². The molecular weight excluding hydrogens is 176 g/mol. The molecule has 1 aliphatic carbocycles. The summed E-state index contributed by atoms with van der Waals surface area (Å²) >= 11 is 0. The molecule has 0 saturated carbocycles. The first-order chi connectivity index (χ1) is 6.58. The highest BCUT2D eigenvalue weighted by atomic mass is 15.0. The minimum Gasteiger partial charge on any atom is -0.383 e. The molecular formula is C10H16N4. The Morgan fingerprint density at radius 1 is 1.07 bits per heavy atom. The maximum Gasteiger partial charge on any atom is 0.222 e. The Balaban J connectivity index is 2.46. The van der Waals surface area contributed by atoms with Crippen molar-refractivity contribution in [2.45, 2.75) is 26.7 Å². The van der Waals surface area contributed by atoms with Crippen molar-refractivity contribution in [3.63, 3.8) is 0 Å². The minimum absolute atomic E-state index is 0.294. The lowest BCUT2D eigenvalue weighted by Gasteiger charge is -2.27.